The summed E-state index contributed by atoms with van der Waals surface area (Å²) >= 11 is 4.23. The van der Waals surface area contributed by atoms with Gasteiger partial charge in [0.05, 0.1) is 0 Å². The normalized spacial score (nSPS) is 29.6. The van der Waals surface area contributed by atoms with E-state index in [-0.39, 0.29) is 12.4 Å². The van der Waals surface area contributed by atoms with Gasteiger partial charge in [0, 0.05) is 11.8 Å². The molecule has 0 aromatic rings. The summed E-state index contributed by atoms with van der Waals surface area (Å²) in [6.07, 6.45) is 1.24. The third-order valence-corrected chi connectivity index (χ3v) is 1.48. The van der Waals surface area contributed by atoms with E-state index in [2.05, 4.69) is 17.9 Å². The van der Waals surface area contributed by atoms with Crippen LogP contribution in [0, 0.1) is 0 Å². The molecule has 7 heavy (non-hydrogen) atoms. The Bertz CT molecular complexity index is 45.0. The summed E-state index contributed by atoms with van der Waals surface area (Å²) in [4.78, 5) is 0. The number of hydrogen-bond donors (Lipinski definition) is 2. The Morgan fingerprint density at radius 3 is 2.43 bits per heavy atom. The van der Waals surface area contributed by atoms with Crippen LogP contribution in [0.25, 0.3) is 0 Å². The predicted molar refractivity (Wildman–Crippen MR) is 37.5 cm³/mol. The van der Waals surface area contributed by atoms with Crippen molar-refractivity contribution < 1.29 is 0 Å². The van der Waals surface area contributed by atoms with E-state index in [0.717, 1.165) is 13.1 Å². The molecule has 1 aliphatic heterocycles. The molecule has 1 unspecified atom stereocenters. The topological polar surface area (TPSA) is 12.0 Å². The van der Waals surface area contributed by atoms with Gasteiger partial charge in [-0.15, -0.1) is 12.4 Å². The molecule has 1 heterocycles. The van der Waals surface area contributed by atoms with E-state index in [0.29, 0.717) is 5.25 Å². The van der Waals surface area contributed by atoms with Crippen molar-refractivity contribution in [1.82, 2.24) is 5.32 Å². The first-order chi connectivity index (χ1) is 2.89. The highest BCUT2D eigenvalue weighted by Gasteiger charge is 2.07. The fourth-order valence-corrected chi connectivity index (χ4v) is 0.898. The lowest BCUT2D eigenvalue weighted by molar-refractivity contribution is 0.859. The van der Waals surface area contributed by atoms with Crippen molar-refractivity contribution in [3.05, 3.63) is 0 Å². The van der Waals surface area contributed by atoms with E-state index in [4.69, 9.17) is 0 Å². The molecular formula is C4H10ClNS. The van der Waals surface area contributed by atoms with Gasteiger partial charge in [-0.05, 0) is 13.0 Å². The second-order valence-electron chi connectivity index (χ2n) is 1.65. The number of nitrogens with one attached hydrogen (secondary N) is 1. The van der Waals surface area contributed by atoms with Crippen LogP contribution >= 0.6 is 25.0 Å². The smallest absolute Gasteiger partial charge is 0.0154 e. The van der Waals surface area contributed by atoms with Gasteiger partial charge in [0.1, 0.15) is 0 Å². The molecule has 1 fully saturated rings. The van der Waals surface area contributed by atoms with Gasteiger partial charge in [-0.3, -0.25) is 0 Å². The van der Waals surface area contributed by atoms with E-state index >= 15 is 0 Å². The molecule has 0 aromatic carbocycles. The highest BCUT2D eigenvalue weighted by atomic mass is 35.5. The van der Waals surface area contributed by atoms with Gasteiger partial charge in [-0.2, -0.15) is 12.6 Å². The van der Waals surface area contributed by atoms with Crippen LogP contribution in [0.3, 0.4) is 0 Å². The molecule has 0 radical (unpaired) electrons. The first-order valence-corrected chi connectivity index (χ1v) is 2.80. The molecular weight excluding hydrogens is 130 g/mol. The molecule has 3 heteroatoms. The molecule has 1 nitrogen and oxygen atoms in total. The molecule has 1 N–H and O–H groups in total. The molecule has 0 bridgehead atoms. The van der Waals surface area contributed by atoms with Crippen LogP contribution in [0.2, 0.25) is 0 Å². The maximum Gasteiger partial charge on any atom is 0.0154 e. The van der Waals surface area contributed by atoms with Crippen LogP contribution in [0.15, 0.2) is 0 Å². The highest BCUT2D eigenvalue weighted by Crippen LogP contribution is 2.02. The van der Waals surface area contributed by atoms with Crippen molar-refractivity contribution in [3.8, 4) is 0 Å². The second kappa shape index (κ2) is 3.58. The van der Waals surface area contributed by atoms with Crippen LogP contribution in [0.4, 0.5) is 0 Å². The van der Waals surface area contributed by atoms with Gasteiger partial charge in [0.25, 0.3) is 0 Å². The van der Waals surface area contributed by atoms with Crippen molar-refractivity contribution in [2.24, 2.45) is 0 Å². The molecule has 0 aliphatic carbocycles. The van der Waals surface area contributed by atoms with Crippen LogP contribution in [-0.2, 0) is 0 Å². The van der Waals surface area contributed by atoms with Gasteiger partial charge in [0.2, 0.25) is 0 Å². The first-order valence-electron chi connectivity index (χ1n) is 2.28. The van der Waals surface area contributed by atoms with Gasteiger partial charge < -0.3 is 5.32 Å². The van der Waals surface area contributed by atoms with Crippen LogP contribution < -0.4 is 5.32 Å². The first kappa shape index (κ1) is 7.60. The Hall–Kier alpha value is 0.600. The summed E-state index contributed by atoms with van der Waals surface area (Å²) in [6.45, 7) is 2.26. The Kier molecular flexibility index (Phi) is 3.89. The SMILES string of the molecule is Cl.SC1CCNC1. The number of halogens is 1. The quantitative estimate of drug-likeness (QED) is 0.471. The minimum atomic E-state index is 0. The number of rotatable bonds is 0. The third kappa shape index (κ3) is 2.42. The minimum Gasteiger partial charge on any atom is -0.316 e. The fraction of sp³-hybridized carbons (Fsp3) is 1.00. The highest BCUT2D eigenvalue weighted by molar-refractivity contribution is 7.81. The third-order valence-electron chi connectivity index (χ3n) is 1.03. The molecule has 0 aromatic heterocycles. The van der Waals surface area contributed by atoms with Gasteiger partial charge in [-0.25, -0.2) is 0 Å². The van der Waals surface area contributed by atoms with E-state index in [1.165, 1.54) is 6.42 Å². The zero-order valence-electron chi connectivity index (χ0n) is 4.05. The van der Waals surface area contributed by atoms with Crippen molar-refractivity contribution >= 4 is 25.0 Å². The maximum atomic E-state index is 4.23. The van der Waals surface area contributed by atoms with Gasteiger partial charge in [-0.1, -0.05) is 0 Å². The lowest BCUT2D eigenvalue weighted by Gasteiger charge is -1.89. The molecule has 1 aliphatic rings. The number of hydrogen-bond acceptors (Lipinski definition) is 2. The zero-order chi connectivity index (χ0) is 4.41. The lowest BCUT2D eigenvalue weighted by atomic mass is 10.4. The van der Waals surface area contributed by atoms with Crippen LogP contribution in [0.1, 0.15) is 6.42 Å². The van der Waals surface area contributed by atoms with Gasteiger partial charge in [0.15, 0.2) is 0 Å². The standard InChI is InChI=1S/C4H9NS.ClH/c6-4-1-2-5-3-4;/h4-6H,1-3H2;1H. The predicted octanol–water partition coefficient (Wildman–Crippen LogP) is 0.700. The molecule has 1 saturated heterocycles. The fourth-order valence-electron chi connectivity index (χ4n) is 0.639. The number of thiol groups is 1. The Morgan fingerprint density at radius 2 is 2.29 bits per heavy atom. The van der Waals surface area contributed by atoms with Crippen molar-refractivity contribution in [2.45, 2.75) is 11.7 Å². The van der Waals surface area contributed by atoms with Crippen LogP contribution in [0.5, 0.6) is 0 Å². The monoisotopic (exact) mass is 139 g/mol. The summed E-state index contributed by atoms with van der Waals surface area (Å²) in [5.74, 6) is 0. The summed E-state index contributed by atoms with van der Waals surface area (Å²) in [6, 6.07) is 0. The summed E-state index contributed by atoms with van der Waals surface area (Å²) in [5.41, 5.74) is 0. The molecule has 1 atom stereocenters. The van der Waals surface area contributed by atoms with Gasteiger partial charge >= 0.3 is 0 Å². The molecule has 1 rings (SSSR count). The van der Waals surface area contributed by atoms with Crippen molar-refractivity contribution in [3.63, 3.8) is 0 Å². The zero-order valence-corrected chi connectivity index (χ0v) is 5.77. The van der Waals surface area contributed by atoms with E-state index in [9.17, 15) is 0 Å². The van der Waals surface area contributed by atoms with Crippen LogP contribution in [-0.4, -0.2) is 18.3 Å². The molecule has 0 amide bonds. The second-order valence-corrected chi connectivity index (χ2v) is 2.38. The summed E-state index contributed by atoms with van der Waals surface area (Å²) in [5, 5.41) is 3.83. The average Bonchev–Trinajstić information content (AvgIpc) is 1.86. The van der Waals surface area contributed by atoms with Crippen molar-refractivity contribution in [2.75, 3.05) is 13.1 Å². The maximum absolute atomic E-state index is 4.23. The molecule has 0 saturated carbocycles. The molecule has 44 valence electrons. The Morgan fingerprint density at radius 1 is 1.57 bits per heavy atom. The Balaban J connectivity index is 0.000000360. The largest absolute Gasteiger partial charge is 0.316 e. The van der Waals surface area contributed by atoms with Crippen molar-refractivity contribution in [1.29, 1.82) is 0 Å². The lowest BCUT2D eigenvalue weighted by Crippen LogP contribution is -2.07. The molecule has 0 spiro atoms. The van der Waals surface area contributed by atoms with E-state index in [1.54, 1.807) is 0 Å². The minimum absolute atomic E-state index is 0. The van der Waals surface area contributed by atoms with E-state index < -0.39 is 0 Å². The van der Waals surface area contributed by atoms with E-state index in [1.807, 2.05) is 0 Å². The average molecular weight is 140 g/mol. The Labute approximate surface area is 55.7 Å². The summed E-state index contributed by atoms with van der Waals surface area (Å²) in [7, 11) is 0. The summed E-state index contributed by atoms with van der Waals surface area (Å²) < 4.78 is 0.